The van der Waals surface area contributed by atoms with Gasteiger partial charge in [0.05, 0.1) is 11.8 Å². The highest BCUT2D eigenvalue weighted by Crippen LogP contribution is 2.32. The molecule has 2 rings (SSSR count). The summed E-state index contributed by atoms with van der Waals surface area (Å²) in [5, 5.41) is 9.73. The highest BCUT2D eigenvalue weighted by atomic mass is 32.2. The molecule has 0 bridgehead atoms. The lowest BCUT2D eigenvalue weighted by Crippen LogP contribution is -2.34. The molecular weight excluding hydrogens is 264 g/mol. The summed E-state index contributed by atoms with van der Waals surface area (Å²) in [7, 11) is -3.68. The summed E-state index contributed by atoms with van der Waals surface area (Å²) in [6.45, 7) is 3.62. The third-order valence-corrected chi connectivity index (χ3v) is 5.25. The summed E-state index contributed by atoms with van der Waals surface area (Å²) in [4.78, 5) is 0.121. The lowest BCUT2D eigenvalue weighted by atomic mass is 10.1. The summed E-state index contributed by atoms with van der Waals surface area (Å²) in [5.74, 6) is 0.235. The van der Waals surface area contributed by atoms with Crippen LogP contribution < -0.4 is 10.5 Å². The second kappa shape index (κ2) is 5.11. The van der Waals surface area contributed by atoms with Crippen LogP contribution in [0.25, 0.3) is 0 Å². The molecule has 6 heteroatoms. The zero-order valence-electron chi connectivity index (χ0n) is 11.2. The van der Waals surface area contributed by atoms with Gasteiger partial charge >= 0.3 is 0 Å². The summed E-state index contributed by atoms with van der Waals surface area (Å²) >= 11 is 0. The quantitative estimate of drug-likeness (QED) is 0.701. The molecule has 1 aliphatic carbocycles. The van der Waals surface area contributed by atoms with Crippen LogP contribution in [0.15, 0.2) is 17.0 Å². The molecule has 0 aromatic heterocycles. The number of anilines is 1. The minimum Gasteiger partial charge on any atom is -0.398 e. The lowest BCUT2D eigenvalue weighted by molar-refractivity contribution is 0.155. The van der Waals surface area contributed by atoms with Crippen LogP contribution in [0.3, 0.4) is 0 Å². The van der Waals surface area contributed by atoms with Gasteiger partial charge < -0.3 is 10.8 Å². The van der Waals surface area contributed by atoms with Gasteiger partial charge in [0.15, 0.2) is 0 Å². The summed E-state index contributed by atoms with van der Waals surface area (Å²) in [5.41, 5.74) is 7.53. The first kappa shape index (κ1) is 14.3. The van der Waals surface area contributed by atoms with Gasteiger partial charge in [0, 0.05) is 6.54 Å². The molecule has 106 valence electrons. The number of nitrogen functional groups attached to an aromatic ring is 1. The molecule has 1 fully saturated rings. The van der Waals surface area contributed by atoms with Gasteiger partial charge in [-0.2, -0.15) is 0 Å². The predicted molar refractivity (Wildman–Crippen MR) is 74.2 cm³/mol. The van der Waals surface area contributed by atoms with Gasteiger partial charge in [-0.25, -0.2) is 13.1 Å². The fraction of sp³-hybridized carbons (Fsp3) is 0.538. The molecular formula is C13H20N2O3S. The Labute approximate surface area is 113 Å². The molecule has 0 heterocycles. The van der Waals surface area contributed by atoms with Gasteiger partial charge in [0.1, 0.15) is 4.90 Å². The molecule has 4 N–H and O–H groups in total. The number of aliphatic hydroxyl groups is 1. The second-order valence-corrected chi connectivity index (χ2v) is 6.89. The van der Waals surface area contributed by atoms with E-state index in [0.29, 0.717) is 5.56 Å². The number of sulfonamides is 1. The van der Waals surface area contributed by atoms with Gasteiger partial charge in [-0.15, -0.1) is 0 Å². The Morgan fingerprint density at radius 1 is 1.42 bits per heavy atom. The van der Waals surface area contributed by atoms with E-state index in [1.165, 1.54) is 0 Å². The van der Waals surface area contributed by atoms with Crippen molar-refractivity contribution in [2.75, 3.05) is 12.3 Å². The van der Waals surface area contributed by atoms with Crippen LogP contribution in [0.4, 0.5) is 5.69 Å². The van der Waals surface area contributed by atoms with Crippen molar-refractivity contribution in [1.29, 1.82) is 0 Å². The normalized spacial score (nSPS) is 17.4. The molecule has 1 aromatic rings. The maximum absolute atomic E-state index is 12.3. The van der Waals surface area contributed by atoms with Crippen LogP contribution >= 0.6 is 0 Å². The van der Waals surface area contributed by atoms with E-state index >= 15 is 0 Å². The van der Waals surface area contributed by atoms with Crippen LogP contribution in [-0.2, 0) is 10.0 Å². The fourth-order valence-corrected chi connectivity index (χ4v) is 3.56. The standard InChI is InChI=1S/C13H20N2O3S/c1-8-3-6-11(14)13(9(8)2)19(17,18)15-7-12(16)10-4-5-10/h3,6,10,12,15-16H,4-5,7,14H2,1-2H3. The number of nitrogens with one attached hydrogen (secondary N) is 1. The molecule has 1 saturated carbocycles. The van der Waals surface area contributed by atoms with Crippen LogP contribution in [0.2, 0.25) is 0 Å². The number of rotatable bonds is 5. The number of nitrogens with two attached hydrogens (primary N) is 1. The second-order valence-electron chi connectivity index (χ2n) is 5.18. The number of benzene rings is 1. The largest absolute Gasteiger partial charge is 0.398 e. The molecule has 0 amide bonds. The monoisotopic (exact) mass is 284 g/mol. The molecule has 1 aliphatic rings. The maximum atomic E-state index is 12.3. The molecule has 0 spiro atoms. The Morgan fingerprint density at radius 2 is 2.05 bits per heavy atom. The zero-order valence-corrected chi connectivity index (χ0v) is 12.0. The number of hydrogen-bond donors (Lipinski definition) is 3. The third kappa shape index (κ3) is 3.08. The molecule has 0 aliphatic heterocycles. The first-order valence-corrected chi connectivity index (χ1v) is 7.84. The number of aryl methyl sites for hydroxylation is 1. The minimum absolute atomic E-state index is 0.0415. The Morgan fingerprint density at radius 3 is 2.63 bits per heavy atom. The van der Waals surface area contributed by atoms with Crippen molar-refractivity contribution in [2.45, 2.75) is 37.7 Å². The zero-order chi connectivity index (χ0) is 14.2. The Kier molecular flexibility index (Phi) is 3.85. The van der Waals surface area contributed by atoms with Crippen molar-refractivity contribution < 1.29 is 13.5 Å². The molecule has 5 nitrogen and oxygen atoms in total. The Bertz CT molecular complexity index is 580. The van der Waals surface area contributed by atoms with Crippen LogP contribution in [0.5, 0.6) is 0 Å². The van der Waals surface area contributed by atoms with Crippen LogP contribution in [0, 0.1) is 19.8 Å². The third-order valence-electron chi connectivity index (χ3n) is 3.62. The molecule has 0 radical (unpaired) electrons. The molecule has 1 aromatic carbocycles. The van der Waals surface area contributed by atoms with Crippen molar-refractivity contribution in [3.05, 3.63) is 23.3 Å². The van der Waals surface area contributed by atoms with Gasteiger partial charge in [0.25, 0.3) is 0 Å². The van der Waals surface area contributed by atoms with E-state index in [2.05, 4.69) is 4.72 Å². The topological polar surface area (TPSA) is 92.4 Å². The smallest absolute Gasteiger partial charge is 0.242 e. The van der Waals surface area contributed by atoms with E-state index in [0.717, 1.165) is 18.4 Å². The molecule has 1 unspecified atom stereocenters. The highest BCUT2D eigenvalue weighted by molar-refractivity contribution is 7.89. The van der Waals surface area contributed by atoms with Gasteiger partial charge in [-0.05, 0) is 49.8 Å². The maximum Gasteiger partial charge on any atom is 0.242 e. The Hall–Kier alpha value is -1.11. The Balaban J connectivity index is 2.21. The number of hydrogen-bond acceptors (Lipinski definition) is 4. The average molecular weight is 284 g/mol. The van der Waals surface area contributed by atoms with E-state index in [4.69, 9.17) is 5.73 Å². The van der Waals surface area contributed by atoms with Gasteiger partial charge in [-0.3, -0.25) is 0 Å². The van der Waals surface area contributed by atoms with Gasteiger partial charge in [-0.1, -0.05) is 6.07 Å². The average Bonchev–Trinajstić information content (AvgIpc) is 3.15. The van der Waals surface area contributed by atoms with Crippen LogP contribution in [-0.4, -0.2) is 26.2 Å². The van der Waals surface area contributed by atoms with Crippen LogP contribution in [0.1, 0.15) is 24.0 Å². The predicted octanol–water partition coefficient (Wildman–Crippen LogP) is 0.935. The first-order valence-electron chi connectivity index (χ1n) is 6.36. The van der Waals surface area contributed by atoms with Crippen molar-refractivity contribution in [3.63, 3.8) is 0 Å². The molecule has 1 atom stereocenters. The van der Waals surface area contributed by atoms with Crippen molar-refractivity contribution in [1.82, 2.24) is 4.72 Å². The molecule has 0 saturated heterocycles. The summed E-state index contributed by atoms with van der Waals surface area (Å²) in [6.07, 6.45) is 1.32. The molecule has 19 heavy (non-hydrogen) atoms. The lowest BCUT2D eigenvalue weighted by Gasteiger charge is -2.15. The van der Waals surface area contributed by atoms with E-state index in [9.17, 15) is 13.5 Å². The summed E-state index contributed by atoms with van der Waals surface area (Å²) in [6, 6.07) is 3.39. The van der Waals surface area contributed by atoms with E-state index in [-0.39, 0.29) is 23.0 Å². The fourth-order valence-electron chi connectivity index (χ4n) is 2.08. The van der Waals surface area contributed by atoms with E-state index in [1.54, 1.807) is 19.1 Å². The first-order chi connectivity index (χ1) is 8.83. The minimum atomic E-state index is -3.68. The van der Waals surface area contributed by atoms with Gasteiger partial charge in [0.2, 0.25) is 10.0 Å². The summed E-state index contributed by atoms with van der Waals surface area (Å²) < 4.78 is 27.0. The highest BCUT2D eigenvalue weighted by Gasteiger charge is 2.31. The van der Waals surface area contributed by atoms with E-state index < -0.39 is 16.1 Å². The SMILES string of the molecule is Cc1ccc(N)c(S(=O)(=O)NCC(O)C2CC2)c1C. The van der Waals surface area contributed by atoms with Crippen molar-refractivity contribution >= 4 is 15.7 Å². The van der Waals surface area contributed by atoms with Crippen molar-refractivity contribution in [2.24, 2.45) is 5.92 Å². The number of aliphatic hydroxyl groups excluding tert-OH is 1. The van der Waals surface area contributed by atoms with Crippen molar-refractivity contribution in [3.8, 4) is 0 Å². The van der Waals surface area contributed by atoms with E-state index in [1.807, 2.05) is 6.92 Å².